The van der Waals surface area contributed by atoms with Crippen LogP contribution in [0.25, 0.3) is 0 Å². The van der Waals surface area contributed by atoms with Crippen LogP contribution in [0.1, 0.15) is 64.4 Å². The lowest BCUT2D eigenvalue weighted by Crippen LogP contribution is -2.51. The fraction of sp³-hybridized carbons (Fsp3) is 0.682. The van der Waals surface area contributed by atoms with Crippen molar-refractivity contribution in [2.24, 2.45) is 11.8 Å². The number of pyridine rings is 1. The van der Waals surface area contributed by atoms with Crippen molar-refractivity contribution in [1.82, 2.24) is 15.6 Å². The van der Waals surface area contributed by atoms with Gasteiger partial charge >= 0.3 is 0 Å². The van der Waals surface area contributed by atoms with Gasteiger partial charge in [-0.15, -0.1) is 0 Å². The summed E-state index contributed by atoms with van der Waals surface area (Å²) in [6.07, 6.45) is 9.58. The molecular weight excluding hydrogens is 352 g/mol. The number of aromatic nitrogens is 1. The highest BCUT2D eigenvalue weighted by Gasteiger charge is 2.28. The van der Waals surface area contributed by atoms with E-state index in [1.54, 1.807) is 0 Å². The van der Waals surface area contributed by atoms with Crippen LogP contribution >= 0.6 is 0 Å². The second kappa shape index (κ2) is 9.89. The number of carbonyl (C=O) groups excluding carboxylic acids is 2. The zero-order chi connectivity index (χ0) is 19.9. The Labute approximate surface area is 168 Å². The van der Waals surface area contributed by atoms with Crippen LogP contribution in [0.5, 0.6) is 0 Å². The van der Waals surface area contributed by atoms with Crippen molar-refractivity contribution in [2.45, 2.75) is 71.4 Å². The number of anilines is 1. The molecule has 0 aromatic carbocycles. The van der Waals surface area contributed by atoms with E-state index in [4.69, 9.17) is 0 Å². The molecule has 0 bridgehead atoms. The Bertz CT molecular complexity index is 647. The molecule has 0 radical (unpaired) electrons. The van der Waals surface area contributed by atoms with Gasteiger partial charge in [-0.25, -0.2) is 4.98 Å². The van der Waals surface area contributed by atoms with Crippen LogP contribution in [0, 0.1) is 11.8 Å². The highest BCUT2D eigenvalue weighted by Crippen LogP contribution is 2.24. The average Bonchev–Trinajstić information content (AvgIpc) is 3.25. The van der Waals surface area contributed by atoms with Crippen LogP contribution < -0.4 is 15.5 Å². The number of hydrogen-bond donors (Lipinski definition) is 2. The molecule has 6 nitrogen and oxygen atoms in total. The van der Waals surface area contributed by atoms with Crippen LogP contribution in [0.3, 0.4) is 0 Å². The third kappa shape index (κ3) is 5.46. The smallest absolute Gasteiger partial charge is 0.243 e. The van der Waals surface area contributed by atoms with E-state index >= 15 is 0 Å². The van der Waals surface area contributed by atoms with Crippen LogP contribution in [-0.2, 0) is 16.1 Å². The van der Waals surface area contributed by atoms with Crippen LogP contribution in [0.15, 0.2) is 18.3 Å². The maximum Gasteiger partial charge on any atom is 0.243 e. The molecule has 1 saturated heterocycles. The molecule has 2 fully saturated rings. The quantitative estimate of drug-likeness (QED) is 0.755. The van der Waals surface area contributed by atoms with Crippen LogP contribution in [0.2, 0.25) is 0 Å². The molecule has 0 spiro atoms. The van der Waals surface area contributed by atoms with E-state index in [9.17, 15) is 9.59 Å². The Balaban J connectivity index is 1.51. The van der Waals surface area contributed by atoms with Crippen molar-refractivity contribution in [3.05, 3.63) is 23.9 Å². The highest BCUT2D eigenvalue weighted by atomic mass is 16.2. The summed E-state index contributed by atoms with van der Waals surface area (Å²) >= 11 is 0. The first-order chi connectivity index (χ1) is 13.5. The lowest BCUT2D eigenvalue weighted by molar-refractivity contribution is -0.132. The number of hydrogen-bond acceptors (Lipinski definition) is 4. The fourth-order valence-electron chi connectivity index (χ4n) is 4.12. The SMILES string of the molecule is CC(C)C(NC(=O)C1CCCCC1)C(=O)NCc1ccc(N2CCCC2)nc1. The van der Waals surface area contributed by atoms with Gasteiger partial charge in [0.05, 0.1) is 0 Å². The predicted octanol–water partition coefficient (Wildman–Crippen LogP) is 3.02. The average molecular weight is 387 g/mol. The van der Waals surface area contributed by atoms with Crippen LogP contribution in [-0.4, -0.2) is 35.9 Å². The standard InChI is InChI=1S/C22H34N4O2/c1-16(2)20(25-21(27)18-8-4-3-5-9-18)22(28)24-15-17-10-11-19(23-14-17)26-12-6-7-13-26/h10-11,14,16,18,20H,3-9,12-13,15H2,1-2H3,(H,24,28)(H,25,27). The molecule has 154 valence electrons. The molecular formula is C22H34N4O2. The van der Waals surface area contributed by atoms with E-state index in [0.717, 1.165) is 50.2 Å². The van der Waals surface area contributed by atoms with Gasteiger partial charge in [0.25, 0.3) is 0 Å². The summed E-state index contributed by atoms with van der Waals surface area (Å²) in [4.78, 5) is 32.1. The monoisotopic (exact) mass is 386 g/mol. The van der Waals surface area contributed by atoms with E-state index in [2.05, 4.69) is 20.5 Å². The van der Waals surface area contributed by atoms with Crippen molar-refractivity contribution in [3.63, 3.8) is 0 Å². The van der Waals surface area contributed by atoms with Gasteiger partial charge in [0.2, 0.25) is 11.8 Å². The fourth-order valence-corrected chi connectivity index (χ4v) is 4.12. The molecule has 2 heterocycles. The molecule has 1 aliphatic heterocycles. The Morgan fingerprint density at radius 1 is 1.11 bits per heavy atom. The molecule has 1 saturated carbocycles. The van der Waals surface area contributed by atoms with Gasteiger partial charge < -0.3 is 15.5 Å². The summed E-state index contributed by atoms with van der Waals surface area (Å²) in [7, 11) is 0. The maximum absolute atomic E-state index is 12.7. The van der Waals surface area contributed by atoms with Crippen molar-refractivity contribution in [2.75, 3.05) is 18.0 Å². The zero-order valence-corrected chi connectivity index (χ0v) is 17.2. The summed E-state index contributed by atoms with van der Waals surface area (Å²) in [5.41, 5.74) is 0.970. The minimum atomic E-state index is -0.494. The molecule has 2 aliphatic rings. The molecule has 1 aliphatic carbocycles. The molecule has 28 heavy (non-hydrogen) atoms. The summed E-state index contributed by atoms with van der Waals surface area (Å²) in [6, 6.07) is 3.55. The first-order valence-corrected chi connectivity index (χ1v) is 10.8. The molecule has 1 aromatic rings. The Morgan fingerprint density at radius 3 is 2.43 bits per heavy atom. The maximum atomic E-state index is 12.7. The molecule has 1 aromatic heterocycles. The number of rotatable bonds is 7. The Hall–Kier alpha value is -2.11. The van der Waals surface area contributed by atoms with Gasteiger partial charge in [-0.3, -0.25) is 9.59 Å². The third-order valence-electron chi connectivity index (χ3n) is 5.93. The summed E-state index contributed by atoms with van der Waals surface area (Å²) < 4.78 is 0. The number of nitrogens with one attached hydrogen (secondary N) is 2. The molecule has 2 N–H and O–H groups in total. The highest BCUT2D eigenvalue weighted by molar-refractivity contribution is 5.88. The number of amides is 2. The third-order valence-corrected chi connectivity index (χ3v) is 5.93. The Kier molecular flexibility index (Phi) is 7.29. The second-order valence-corrected chi connectivity index (χ2v) is 8.50. The predicted molar refractivity (Wildman–Crippen MR) is 111 cm³/mol. The second-order valence-electron chi connectivity index (χ2n) is 8.50. The van der Waals surface area contributed by atoms with Crippen LogP contribution in [0.4, 0.5) is 5.82 Å². The first kappa shape index (κ1) is 20.6. The van der Waals surface area contributed by atoms with Gasteiger partial charge in [0.15, 0.2) is 0 Å². The van der Waals surface area contributed by atoms with Crippen molar-refractivity contribution in [3.8, 4) is 0 Å². The molecule has 2 amide bonds. The van der Waals surface area contributed by atoms with E-state index in [1.165, 1.54) is 19.3 Å². The van der Waals surface area contributed by atoms with E-state index in [1.807, 2.05) is 32.2 Å². The molecule has 3 rings (SSSR count). The lowest BCUT2D eigenvalue weighted by Gasteiger charge is -2.26. The summed E-state index contributed by atoms with van der Waals surface area (Å²) in [5.74, 6) is 1.02. The van der Waals surface area contributed by atoms with E-state index in [-0.39, 0.29) is 23.7 Å². The normalized spacial score (nSPS) is 18.9. The van der Waals surface area contributed by atoms with Crippen molar-refractivity contribution >= 4 is 17.6 Å². The molecule has 6 heteroatoms. The Morgan fingerprint density at radius 2 is 1.82 bits per heavy atom. The van der Waals surface area contributed by atoms with Gasteiger partial charge in [-0.05, 0) is 43.2 Å². The first-order valence-electron chi connectivity index (χ1n) is 10.8. The van der Waals surface area contributed by atoms with Crippen molar-refractivity contribution in [1.29, 1.82) is 0 Å². The van der Waals surface area contributed by atoms with Crippen molar-refractivity contribution < 1.29 is 9.59 Å². The van der Waals surface area contributed by atoms with Gasteiger partial charge in [0.1, 0.15) is 11.9 Å². The van der Waals surface area contributed by atoms with Gasteiger partial charge in [-0.1, -0.05) is 39.2 Å². The largest absolute Gasteiger partial charge is 0.357 e. The summed E-state index contributed by atoms with van der Waals surface area (Å²) in [5, 5.41) is 5.97. The zero-order valence-electron chi connectivity index (χ0n) is 17.2. The minimum absolute atomic E-state index is 0.0326. The number of carbonyl (C=O) groups is 2. The van der Waals surface area contributed by atoms with E-state index in [0.29, 0.717) is 6.54 Å². The number of nitrogens with zero attached hydrogens (tertiary/aromatic N) is 2. The lowest BCUT2D eigenvalue weighted by atomic mass is 9.88. The van der Waals surface area contributed by atoms with Gasteiger partial charge in [-0.2, -0.15) is 0 Å². The topological polar surface area (TPSA) is 74.3 Å². The molecule has 1 unspecified atom stereocenters. The minimum Gasteiger partial charge on any atom is -0.357 e. The summed E-state index contributed by atoms with van der Waals surface area (Å²) in [6.45, 7) is 6.50. The molecule has 1 atom stereocenters. The van der Waals surface area contributed by atoms with E-state index < -0.39 is 6.04 Å². The van der Waals surface area contributed by atoms with Gasteiger partial charge in [0, 0.05) is 31.7 Å².